The smallest absolute Gasteiger partial charge is 0.261 e. The van der Waals surface area contributed by atoms with Gasteiger partial charge >= 0.3 is 0 Å². The molecule has 0 aliphatic rings. The maximum Gasteiger partial charge on any atom is 0.261 e. The number of nitrogens with one attached hydrogen (secondary N) is 1. The monoisotopic (exact) mass is 278 g/mol. The minimum atomic E-state index is -3.63. The predicted octanol–water partition coefficient (Wildman–Crippen LogP) is 1.30. The lowest BCUT2D eigenvalue weighted by molar-refractivity contribution is 0.601. The number of anilines is 1. The van der Waals surface area contributed by atoms with Gasteiger partial charge in [0, 0.05) is 6.04 Å². The molecule has 0 saturated carbocycles. The molecule has 0 amide bonds. The Morgan fingerprint density at radius 2 is 1.74 bits per heavy atom. The summed E-state index contributed by atoms with van der Waals surface area (Å²) in [6.07, 6.45) is 4.11. The molecule has 3 N–H and O–H groups in total. The van der Waals surface area contributed by atoms with Crippen molar-refractivity contribution in [2.45, 2.75) is 17.9 Å². The van der Waals surface area contributed by atoms with Gasteiger partial charge in [-0.05, 0) is 24.6 Å². The van der Waals surface area contributed by atoms with Crippen molar-refractivity contribution in [2.24, 2.45) is 5.73 Å². The van der Waals surface area contributed by atoms with Crippen LogP contribution in [0.2, 0.25) is 0 Å². The van der Waals surface area contributed by atoms with Crippen LogP contribution in [0.4, 0.5) is 5.69 Å². The molecule has 0 saturated heterocycles. The van der Waals surface area contributed by atoms with E-state index in [-0.39, 0.29) is 10.9 Å². The van der Waals surface area contributed by atoms with Gasteiger partial charge < -0.3 is 5.73 Å². The third kappa shape index (κ3) is 3.27. The zero-order chi connectivity index (χ0) is 13.9. The van der Waals surface area contributed by atoms with Gasteiger partial charge in [-0.1, -0.05) is 12.1 Å². The summed E-state index contributed by atoms with van der Waals surface area (Å²) in [5.41, 5.74) is 6.91. The fraction of sp³-hybridized carbons (Fsp3) is 0.167. The van der Waals surface area contributed by atoms with Crippen molar-refractivity contribution in [1.82, 2.24) is 9.97 Å². The highest BCUT2D eigenvalue weighted by Gasteiger charge is 2.14. The Morgan fingerprint density at radius 3 is 2.26 bits per heavy atom. The van der Waals surface area contributed by atoms with Gasteiger partial charge in [0.2, 0.25) is 0 Å². The van der Waals surface area contributed by atoms with Gasteiger partial charge in [0.15, 0.2) is 0 Å². The SMILES string of the molecule is CC(N)c1ccc(S(=O)(=O)Nc2cncnc2)cc1. The Morgan fingerprint density at radius 1 is 1.16 bits per heavy atom. The van der Waals surface area contributed by atoms with Crippen LogP contribution >= 0.6 is 0 Å². The summed E-state index contributed by atoms with van der Waals surface area (Å²) in [6, 6.07) is 6.30. The normalized spacial score (nSPS) is 12.9. The van der Waals surface area contributed by atoms with E-state index in [1.807, 2.05) is 6.92 Å². The topological polar surface area (TPSA) is 98.0 Å². The lowest BCUT2D eigenvalue weighted by atomic mass is 10.1. The highest BCUT2D eigenvalue weighted by atomic mass is 32.2. The van der Waals surface area contributed by atoms with Crippen LogP contribution in [0.5, 0.6) is 0 Å². The number of rotatable bonds is 4. The number of sulfonamides is 1. The molecule has 0 aliphatic carbocycles. The zero-order valence-corrected chi connectivity index (χ0v) is 11.1. The van der Waals surface area contributed by atoms with Crippen LogP contribution in [0.1, 0.15) is 18.5 Å². The standard InChI is InChI=1S/C12H14N4O2S/c1-9(13)10-2-4-12(5-3-10)19(17,18)16-11-6-14-8-15-7-11/h2-9,16H,13H2,1H3. The van der Waals surface area contributed by atoms with E-state index >= 15 is 0 Å². The molecule has 2 aromatic rings. The molecule has 0 radical (unpaired) electrons. The molecular formula is C12H14N4O2S. The minimum Gasteiger partial charge on any atom is -0.324 e. The van der Waals surface area contributed by atoms with Gasteiger partial charge in [0.05, 0.1) is 23.0 Å². The third-order valence-corrected chi connectivity index (χ3v) is 3.93. The van der Waals surface area contributed by atoms with E-state index in [0.717, 1.165) is 5.56 Å². The summed E-state index contributed by atoms with van der Waals surface area (Å²) in [5, 5.41) is 0. The van der Waals surface area contributed by atoms with Crippen molar-refractivity contribution in [3.05, 3.63) is 48.5 Å². The van der Waals surface area contributed by atoms with Crippen molar-refractivity contribution in [2.75, 3.05) is 4.72 Å². The maximum atomic E-state index is 12.1. The molecule has 100 valence electrons. The van der Waals surface area contributed by atoms with Crippen LogP contribution in [-0.4, -0.2) is 18.4 Å². The van der Waals surface area contributed by atoms with Crippen LogP contribution in [-0.2, 0) is 10.0 Å². The fourth-order valence-electron chi connectivity index (χ4n) is 1.52. The van der Waals surface area contributed by atoms with Crippen molar-refractivity contribution in [1.29, 1.82) is 0 Å². The van der Waals surface area contributed by atoms with Crippen molar-refractivity contribution in [3.63, 3.8) is 0 Å². The van der Waals surface area contributed by atoms with E-state index in [0.29, 0.717) is 5.69 Å². The minimum absolute atomic E-state index is 0.132. The van der Waals surface area contributed by atoms with Gasteiger partial charge in [0.25, 0.3) is 10.0 Å². The van der Waals surface area contributed by atoms with Crippen LogP contribution in [0.3, 0.4) is 0 Å². The molecule has 6 nitrogen and oxygen atoms in total. The largest absolute Gasteiger partial charge is 0.324 e. The molecular weight excluding hydrogens is 264 g/mol. The molecule has 19 heavy (non-hydrogen) atoms. The van der Waals surface area contributed by atoms with Crippen LogP contribution in [0.15, 0.2) is 47.9 Å². The molecule has 1 unspecified atom stereocenters. The number of hydrogen-bond acceptors (Lipinski definition) is 5. The Balaban J connectivity index is 2.25. The number of hydrogen-bond donors (Lipinski definition) is 2. The number of nitrogens with two attached hydrogens (primary N) is 1. The predicted molar refractivity (Wildman–Crippen MR) is 71.9 cm³/mol. The summed E-state index contributed by atoms with van der Waals surface area (Å²) in [7, 11) is -3.63. The third-order valence-electron chi connectivity index (χ3n) is 2.53. The van der Waals surface area contributed by atoms with Gasteiger partial charge in [-0.25, -0.2) is 18.4 Å². The van der Waals surface area contributed by atoms with Crippen LogP contribution in [0, 0.1) is 0 Å². The molecule has 1 atom stereocenters. The second-order valence-corrected chi connectivity index (χ2v) is 5.77. The molecule has 1 aromatic heterocycles. The lowest BCUT2D eigenvalue weighted by Gasteiger charge is -2.09. The first-order chi connectivity index (χ1) is 8.99. The Labute approximate surface area is 111 Å². The fourth-order valence-corrected chi connectivity index (χ4v) is 2.54. The second-order valence-electron chi connectivity index (χ2n) is 4.09. The molecule has 0 aliphatic heterocycles. The Bertz CT molecular complexity index is 639. The lowest BCUT2D eigenvalue weighted by Crippen LogP contribution is -2.13. The molecule has 0 bridgehead atoms. The van der Waals surface area contributed by atoms with E-state index in [9.17, 15) is 8.42 Å². The molecule has 7 heteroatoms. The van der Waals surface area contributed by atoms with E-state index in [1.54, 1.807) is 12.1 Å². The van der Waals surface area contributed by atoms with Crippen LogP contribution < -0.4 is 10.5 Å². The second kappa shape index (κ2) is 5.33. The first-order valence-corrected chi connectivity index (χ1v) is 7.11. The van der Waals surface area contributed by atoms with E-state index in [1.165, 1.54) is 30.9 Å². The molecule has 0 fully saturated rings. The van der Waals surface area contributed by atoms with Gasteiger partial charge in [-0.15, -0.1) is 0 Å². The Hall–Kier alpha value is -1.99. The number of nitrogens with zero attached hydrogens (tertiary/aromatic N) is 2. The average Bonchev–Trinajstić information content (AvgIpc) is 2.39. The summed E-state index contributed by atoms with van der Waals surface area (Å²) in [5.74, 6) is 0. The van der Waals surface area contributed by atoms with E-state index < -0.39 is 10.0 Å². The van der Waals surface area contributed by atoms with Crippen LogP contribution in [0.25, 0.3) is 0 Å². The number of benzene rings is 1. The van der Waals surface area contributed by atoms with E-state index in [2.05, 4.69) is 14.7 Å². The molecule has 0 spiro atoms. The molecule has 1 aromatic carbocycles. The number of aromatic nitrogens is 2. The van der Waals surface area contributed by atoms with Crippen molar-refractivity contribution < 1.29 is 8.42 Å². The highest BCUT2D eigenvalue weighted by Crippen LogP contribution is 2.17. The first-order valence-electron chi connectivity index (χ1n) is 5.62. The quantitative estimate of drug-likeness (QED) is 0.878. The van der Waals surface area contributed by atoms with Gasteiger partial charge in [-0.2, -0.15) is 0 Å². The zero-order valence-electron chi connectivity index (χ0n) is 10.3. The summed E-state index contributed by atoms with van der Waals surface area (Å²) < 4.78 is 26.6. The van der Waals surface area contributed by atoms with Crippen molar-refractivity contribution >= 4 is 15.7 Å². The van der Waals surface area contributed by atoms with Gasteiger partial charge in [-0.3, -0.25) is 4.72 Å². The molecule has 2 rings (SSSR count). The average molecular weight is 278 g/mol. The summed E-state index contributed by atoms with van der Waals surface area (Å²) in [4.78, 5) is 7.66. The molecule has 1 heterocycles. The summed E-state index contributed by atoms with van der Waals surface area (Å²) in [6.45, 7) is 1.84. The first kappa shape index (κ1) is 13.4. The van der Waals surface area contributed by atoms with E-state index in [4.69, 9.17) is 5.73 Å². The Kier molecular flexibility index (Phi) is 3.77. The summed E-state index contributed by atoms with van der Waals surface area (Å²) >= 11 is 0. The highest BCUT2D eigenvalue weighted by molar-refractivity contribution is 7.92. The van der Waals surface area contributed by atoms with Gasteiger partial charge in [0.1, 0.15) is 6.33 Å². The maximum absolute atomic E-state index is 12.1. The van der Waals surface area contributed by atoms with Crippen molar-refractivity contribution in [3.8, 4) is 0 Å².